The fourth-order valence-electron chi connectivity index (χ4n) is 0. The predicted octanol–water partition coefficient (Wildman–Crippen LogP) is -1.78. The zero-order valence-electron chi connectivity index (χ0n) is 4.10. The van der Waals surface area contributed by atoms with Gasteiger partial charge < -0.3 is 19.8 Å². The van der Waals surface area contributed by atoms with Crippen LogP contribution in [0.3, 0.4) is 0 Å². The summed E-state index contributed by atoms with van der Waals surface area (Å²) in [7, 11) is 0. The third kappa shape index (κ3) is 162. The summed E-state index contributed by atoms with van der Waals surface area (Å²) in [5.74, 6) is 0. The SMILES string of the molecule is O=C([O-])F.O=C([O-])F.[Be+2]. The van der Waals surface area contributed by atoms with E-state index >= 15 is 0 Å². The number of hydrogen-bond donors (Lipinski definition) is 0. The second kappa shape index (κ2) is 10.1. The first-order valence-corrected chi connectivity index (χ1v) is 1.19. The predicted molar refractivity (Wildman–Crippen MR) is 18.8 cm³/mol. The molecule has 0 aromatic carbocycles. The number of carbonyl (C=O) groups excluding carboxylic acids is 2. The summed E-state index contributed by atoms with van der Waals surface area (Å²) in [5, 5.41) is 16.4. The van der Waals surface area contributed by atoms with E-state index in [0.717, 1.165) is 0 Å². The fourth-order valence-corrected chi connectivity index (χ4v) is 0. The van der Waals surface area contributed by atoms with E-state index in [2.05, 4.69) is 0 Å². The van der Waals surface area contributed by atoms with E-state index in [4.69, 9.17) is 19.8 Å². The molecular weight excluding hydrogens is 135 g/mol. The van der Waals surface area contributed by atoms with Crippen LogP contribution in [0, 0.1) is 0 Å². The van der Waals surface area contributed by atoms with Crippen LogP contribution in [-0.4, -0.2) is 22.6 Å². The Hall–Kier alpha value is -1.03. The van der Waals surface area contributed by atoms with E-state index in [9.17, 15) is 8.78 Å². The molecule has 0 saturated heterocycles. The van der Waals surface area contributed by atoms with E-state index < -0.39 is 12.4 Å². The molecule has 0 heterocycles. The summed E-state index contributed by atoms with van der Waals surface area (Å²) in [6.07, 6.45) is -5.17. The van der Waals surface area contributed by atoms with E-state index in [0.29, 0.717) is 0 Å². The first kappa shape index (κ1) is 15.7. The quantitative estimate of drug-likeness (QED) is 0.290. The third-order valence-electron chi connectivity index (χ3n) is 0. The molecule has 0 bridgehead atoms. The summed E-state index contributed by atoms with van der Waals surface area (Å²) < 4.78 is 19.6. The number of rotatable bonds is 0. The molecule has 0 aliphatic carbocycles. The van der Waals surface area contributed by atoms with Crippen molar-refractivity contribution in [1.82, 2.24) is 0 Å². The maximum Gasteiger partial charge on any atom is 2.00 e. The van der Waals surface area contributed by atoms with Gasteiger partial charge in [0.1, 0.15) is 0 Å². The average Bonchev–Trinajstić information content (AvgIpc) is 1.25. The molecule has 0 fully saturated rings. The second-order valence-electron chi connectivity index (χ2n) is 0.475. The molecule has 0 spiro atoms. The Bertz CT molecular complexity index is 74.6. The zero-order chi connectivity index (χ0) is 7.15. The van der Waals surface area contributed by atoms with E-state index in [1.54, 1.807) is 0 Å². The molecule has 0 saturated carbocycles. The molecule has 0 aromatic rings. The first-order chi connectivity index (χ1) is 3.46. The molecule has 4 nitrogen and oxygen atoms in total. The van der Waals surface area contributed by atoms with Crippen LogP contribution in [-0.2, 0) is 0 Å². The van der Waals surface area contributed by atoms with Crippen LogP contribution in [0.2, 0.25) is 0 Å². The molecule has 0 unspecified atom stereocenters. The van der Waals surface area contributed by atoms with Crippen LogP contribution in [0.15, 0.2) is 0 Å². The van der Waals surface area contributed by atoms with Crippen LogP contribution in [0.1, 0.15) is 0 Å². The van der Waals surface area contributed by atoms with Gasteiger partial charge in [0.2, 0.25) is 12.4 Å². The number of carbonyl (C=O) groups is 2. The van der Waals surface area contributed by atoms with Crippen molar-refractivity contribution in [3.63, 3.8) is 0 Å². The van der Waals surface area contributed by atoms with Crippen molar-refractivity contribution >= 4 is 22.6 Å². The van der Waals surface area contributed by atoms with Gasteiger partial charge in [0, 0.05) is 0 Å². The van der Waals surface area contributed by atoms with Gasteiger partial charge in [-0.25, -0.2) is 0 Å². The van der Waals surface area contributed by atoms with E-state index in [-0.39, 0.29) is 10.1 Å². The normalized spacial score (nSPS) is 5.56. The zero-order valence-corrected chi connectivity index (χ0v) is 4.10. The van der Waals surface area contributed by atoms with Crippen molar-refractivity contribution in [1.29, 1.82) is 0 Å². The van der Waals surface area contributed by atoms with Gasteiger partial charge in [0.15, 0.2) is 0 Å². The maximum absolute atomic E-state index is 9.81. The molecule has 7 heteroatoms. The van der Waals surface area contributed by atoms with Crippen LogP contribution < -0.4 is 10.2 Å². The fraction of sp³-hybridized carbons (Fsp3) is 0. The van der Waals surface area contributed by atoms with Crippen molar-refractivity contribution < 1.29 is 28.6 Å². The van der Waals surface area contributed by atoms with Crippen molar-refractivity contribution in [3.05, 3.63) is 0 Å². The monoisotopic (exact) mass is 135 g/mol. The Morgan fingerprint density at radius 3 is 1.00 bits per heavy atom. The Balaban J connectivity index is -0.0000000720. The molecule has 0 amide bonds. The summed E-state index contributed by atoms with van der Waals surface area (Å²) in [5.41, 5.74) is 0. The van der Waals surface area contributed by atoms with Crippen molar-refractivity contribution in [2.45, 2.75) is 0 Å². The van der Waals surface area contributed by atoms with Crippen molar-refractivity contribution in [2.24, 2.45) is 0 Å². The molecular formula is C2BeF2O4. The molecule has 0 N–H and O–H groups in total. The van der Waals surface area contributed by atoms with Gasteiger partial charge in [0.05, 0.1) is 0 Å². The smallest absolute Gasteiger partial charge is 0.520 e. The van der Waals surface area contributed by atoms with Crippen LogP contribution >= 0.6 is 0 Å². The van der Waals surface area contributed by atoms with Gasteiger partial charge in [-0.05, 0) is 0 Å². The minimum Gasteiger partial charge on any atom is -0.520 e. The Kier molecular flexibility index (Phi) is 17.5. The maximum atomic E-state index is 9.81. The van der Waals surface area contributed by atoms with E-state index in [1.165, 1.54) is 0 Å². The van der Waals surface area contributed by atoms with Gasteiger partial charge in [-0.2, -0.15) is 8.78 Å². The first-order valence-electron chi connectivity index (χ1n) is 1.19. The number of hydrogen-bond acceptors (Lipinski definition) is 4. The Labute approximate surface area is 52.3 Å². The second-order valence-corrected chi connectivity index (χ2v) is 0.475. The van der Waals surface area contributed by atoms with Crippen LogP contribution in [0.5, 0.6) is 0 Å². The van der Waals surface area contributed by atoms with Gasteiger partial charge in [-0.1, -0.05) is 0 Å². The Morgan fingerprint density at radius 1 is 1.00 bits per heavy atom. The van der Waals surface area contributed by atoms with E-state index in [1.807, 2.05) is 0 Å². The van der Waals surface area contributed by atoms with Gasteiger partial charge in [0.25, 0.3) is 0 Å². The molecule has 0 radical (unpaired) electrons. The van der Waals surface area contributed by atoms with Gasteiger partial charge >= 0.3 is 10.1 Å². The van der Waals surface area contributed by atoms with Crippen molar-refractivity contribution in [3.8, 4) is 0 Å². The standard InChI is InChI=1S/2CHFO2.Be/c2*2-1(3)4;/h2*(H,3,4);/q;;+2/p-2. The molecule has 0 aromatic heterocycles. The third-order valence-corrected chi connectivity index (χ3v) is 0. The largest absolute Gasteiger partial charge is 2.00 e. The van der Waals surface area contributed by atoms with Crippen molar-refractivity contribution in [2.75, 3.05) is 0 Å². The van der Waals surface area contributed by atoms with Crippen LogP contribution in [0.25, 0.3) is 0 Å². The molecule has 0 aliphatic rings. The molecule has 0 aliphatic heterocycles. The van der Waals surface area contributed by atoms with Gasteiger partial charge in [-0.15, -0.1) is 0 Å². The van der Waals surface area contributed by atoms with Gasteiger partial charge in [-0.3, -0.25) is 0 Å². The molecule has 9 heavy (non-hydrogen) atoms. The minimum atomic E-state index is -2.58. The summed E-state index contributed by atoms with van der Waals surface area (Å²) in [6, 6.07) is 0. The minimum absolute atomic E-state index is 0. The summed E-state index contributed by atoms with van der Waals surface area (Å²) >= 11 is 0. The topological polar surface area (TPSA) is 80.3 Å². The molecule has 48 valence electrons. The number of carboxylic acid groups (broad SMARTS) is 2. The average molecular weight is 135 g/mol. The summed E-state index contributed by atoms with van der Waals surface area (Å²) in [6.45, 7) is 0. The molecule has 0 atom stereocenters. The summed E-state index contributed by atoms with van der Waals surface area (Å²) in [4.78, 5) is 16.4. The van der Waals surface area contributed by atoms with Crippen LogP contribution in [0.4, 0.5) is 18.4 Å². The number of halogens is 2. The molecule has 0 rings (SSSR count). The Morgan fingerprint density at radius 2 is 1.00 bits per heavy atom.